The molecule has 2 aromatic rings. The molecule has 1 nitrogen and oxygen atoms in total. The molecule has 0 spiro atoms. The van der Waals surface area contributed by atoms with Gasteiger partial charge in [-0.25, -0.2) is 0 Å². The largest absolute Gasteiger partial charge is 0.497 e. The predicted molar refractivity (Wildman–Crippen MR) is 75.3 cm³/mol. The lowest BCUT2D eigenvalue weighted by Crippen LogP contribution is -2.14. The number of aryl methyl sites for hydroxylation is 1. The van der Waals surface area contributed by atoms with Crippen molar-refractivity contribution in [1.29, 1.82) is 0 Å². The van der Waals surface area contributed by atoms with E-state index in [2.05, 4.69) is 57.2 Å². The Morgan fingerprint density at radius 1 is 0.889 bits per heavy atom. The Kier molecular flexibility index (Phi) is 2.28. The number of benzene rings is 2. The summed E-state index contributed by atoms with van der Waals surface area (Å²) in [4.78, 5) is 0. The van der Waals surface area contributed by atoms with Crippen LogP contribution in [0.25, 0.3) is 11.1 Å². The number of rotatable bonds is 1. The van der Waals surface area contributed by atoms with Crippen LogP contribution in [0.2, 0.25) is 0 Å². The second kappa shape index (κ2) is 3.61. The number of hydrogen-bond donors (Lipinski definition) is 0. The Morgan fingerprint density at radius 2 is 1.50 bits per heavy atom. The molecular formula is C17H18O. The first kappa shape index (κ1) is 11.3. The Morgan fingerprint density at radius 3 is 2.17 bits per heavy atom. The molecule has 0 fully saturated rings. The van der Waals surface area contributed by atoms with Crippen molar-refractivity contribution in [3.05, 3.63) is 53.1 Å². The van der Waals surface area contributed by atoms with Gasteiger partial charge in [0.15, 0.2) is 0 Å². The molecular weight excluding hydrogens is 220 g/mol. The van der Waals surface area contributed by atoms with Crippen molar-refractivity contribution < 1.29 is 4.74 Å². The molecule has 2 aromatic carbocycles. The highest BCUT2D eigenvalue weighted by molar-refractivity contribution is 5.82. The second-order valence-electron chi connectivity index (χ2n) is 5.59. The zero-order valence-electron chi connectivity index (χ0n) is 11.4. The molecule has 0 bridgehead atoms. The van der Waals surface area contributed by atoms with Crippen LogP contribution in [0.15, 0.2) is 36.4 Å². The maximum Gasteiger partial charge on any atom is 0.119 e. The topological polar surface area (TPSA) is 9.23 Å². The number of hydrogen-bond acceptors (Lipinski definition) is 1. The standard InChI is InChI=1S/C17H18O/c1-11-5-7-15-13(9-11)14-10-12(18-4)6-8-16(14)17(15,2)3/h5-10H,1-4H3. The third-order valence-corrected chi connectivity index (χ3v) is 4.04. The molecule has 0 amide bonds. The fourth-order valence-electron chi connectivity index (χ4n) is 2.99. The molecule has 18 heavy (non-hydrogen) atoms. The van der Waals surface area contributed by atoms with Crippen LogP contribution in [-0.2, 0) is 5.41 Å². The third kappa shape index (κ3) is 1.40. The molecule has 0 atom stereocenters. The molecule has 1 aliphatic rings. The molecule has 0 saturated heterocycles. The van der Waals surface area contributed by atoms with E-state index in [-0.39, 0.29) is 5.41 Å². The first-order chi connectivity index (χ1) is 8.54. The summed E-state index contributed by atoms with van der Waals surface area (Å²) in [7, 11) is 1.72. The summed E-state index contributed by atoms with van der Waals surface area (Å²) in [5, 5.41) is 0. The van der Waals surface area contributed by atoms with Crippen molar-refractivity contribution in [2.75, 3.05) is 7.11 Å². The Balaban J connectivity index is 2.33. The van der Waals surface area contributed by atoms with Gasteiger partial charge in [-0.1, -0.05) is 43.7 Å². The maximum atomic E-state index is 5.35. The van der Waals surface area contributed by atoms with Crippen LogP contribution < -0.4 is 4.74 Å². The van der Waals surface area contributed by atoms with Gasteiger partial charge in [0.25, 0.3) is 0 Å². The molecule has 1 aliphatic carbocycles. The fourth-order valence-corrected chi connectivity index (χ4v) is 2.99. The van der Waals surface area contributed by atoms with E-state index in [1.54, 1.807) is 7.11 Å². The highest BCUT2D eigenvalue weighted by Gasteiger charge is 2.35. The van der Waals surface area contributed by atoms with Crippen LogP contribution in [0.3, 0.4) is 0 Å². The van der Waals surface area contributed by atoms with Crippen LogP contribution in [0.5, 0.6) is 5.75 Å². The molecule has 0 saturated carbocycles. The quantitative estimate of drug-likeness (QED) is 0.719. The second-order valence-corrected chi connectivity index (χ2v) is 5.59. The van der Waals surface area contributed by atoms with E-state index in [0.717, 1.165) is 5.75 Å². The van der Waals surface area contributed by atoms with Gasteiger partial charge in [-0.2, -0.15) is 0 Å². The van der Waals surface area contributed by atoms with Gasteiger partial charge in [-0.3, -0.25) is 0 Å². The first-order valence-electron chi connectivity index (χ1n) is 6.34. The van der Waals surface area contributed by atoms with E-state index >= 15 is 0 Å². The van der Waals surface area contributed by atoms with E-state index in [4.69, 9.17) is 4.74 Å². The minimum atomic E-state index is 0.0879. The lowest BCUT2D eigenvalue weighted by molar-refractivity contribution is 0.414. The van der Waals surface area contributed by atoms with Gasteiger partial charge in [0.1, 0.15) is 5.75 Å². The minimum Gasteiger partial charge on any atom is -0.497 e. The Hall–Kier alpha value is -1.76. The van der Waals surface area contributed by atoms with E-state index in [1.165, 1.54) is 27.8 Å². The van der Waals surface area contributed by atoms with E-state index in [0.29, 0.717) is 0 Å². The van der Waals surface area contributed by atoms with Crippen LogP contribution >= 0.6 is 0 Å². The summed E-state index contributed by atoms with van der Waals surface area (Å²) < 4.78 is 5.35. The van der Waals surface area contributed by atoms with Crippen molar-refractivity contribution >= 4 is 0 Å². The van der Waals surface area contributed by atoms with Gasteiger partial charge in [0.05, 0.1) is 7.11 Å². The molecule has 0 heterocycles. The average Bonchev–Trinajstić information content (AvgIpc) is 2.58. The predicted octanol–water partition coefficient (Wildman–Crippen LogP) is 4.31. The normalized spacial score (nSPS) is 15.1. The van der Waals surface area contributed by atoms with Gasteiger partial charge >= 0.3 is 0 Å². The van der Waals surface area contributed by atoms with Crippen molar-refractivity contribution in [2.24, 2.45) is 0 Å². The van der Waals surface area contributed by atoms with E-state index < -0.39 is 0 Å². The highest BCUT2D eigenvalue weighted by Crippen LogP contribution is 2.49. The van der Waals surface area contributed by atoms with Gasteiger partial charge in [-0.15, -0.1) is 0 Å². The molecule has 0 unspecified atom stereocenters. The molecule has 92 valence electrons. The van der Waals surface area contributed by atoms with Crippen LogP contribution in [0, 0.1) is 6.92 Å². The lowest BCUT2D eigenvalue weighted by Gasteiger charge is -2.21. The first-order valence-corrected chi connectivity index (χ1v) is 6.34. The summed E-state index contributed by atoms with van der Waals surface area (Å²) in [6, 6.07) is 13.1. The summed E-state index contributed by atoms with van der Waals surface area (Å²) in [5.41, 5.74) is 6.87. The molecule has 1 heteroatoms. The fraction of sp³-hybridized carbons (Fsp3) is 0.294. The highest BCUT2D eigenvalue weighted by atomic mass is 16.5. The van der Waals surface area contributed by atoms with Crippen molar-refractivity contribution in [1.82, 2.24) is 0 Å². The van der Waals surface area contributed by atoms with Gasteiger partial charge in [0.2, 0.25) is 0 Å². The van der Waals surface area contributed by atoms with Crippen molar-refractivity contribution in [3.8, 4) is 16.9 Å². The monoisotopic (exact) mass is 238 g/mol. The summed E-state index contributed by atoms with van der Waals surface area (Å²) in [6.45, 7) is 6.73. The van der Waals surface area contributed by atoms with Crippen molar-refractivity contribution in [2.45, 2.75) is 26.2 Å². The molecule has 0 N–H and O–H groups in total. The molecule has 3 rings (SSSR count). The Labute approximate surface area is 108 Å². The SMILES string of the molecule is COc1ccc2c(c1)-c1cc(C)ccc1C2(C)C. The van der Waals surface area contributed by atoms with Crippen LogP contribution in [0.4, 0.5) is 0 Å². The van der Waals surface area contributed by atoms with Gasteiger partial charge < -0.3 is 4.74 Å². The molecule has 0 aromatic heterocycles. The molecule has 0 radical (unpaired) electrons. The smallest absolute Gasteiger partial charge is 0.119 e. The van der Waals surface area contributed by atoms with Crippen LogP contribution in [-0.4, -0.2) is 7.11 Å². The zero-order chi connectivity index (χ0) is 12.9. The summed E-state index contributed by atoms with van der Waals surface area (Å²) in [5.74, 6) is 0.930. The molecule has 0 aliphatic heterocycles. The summed E-state index contributed by atoms with van der Waals surface area (Å²) >= 11 is 0. The lowest BCUT2D eigenvalue weighted by atomic mass is 9.82. The van der Waals surface area contributed by atoms with E-state index in [9.17, 15) is 0 Å². The van der Waals surface area contributed by atoms with Crippen molar-refractivity contribution in [3.63, 3.8) is 0 Å². The number of methoxy groups -OCH3 is 1. The Bertz CT molecular complexity index is 624. The van der Waals surface area contributed by atoms with E-state index in [1.807, 2.05) is 0 Å². The maximum absolute atomic E-state index is 5.35. The number of fused-ring (bicyclic) bond motifs is 3. The van der Waals surface area contributed by atoms with Gasteiger partial charge in [-0.05, 0) is 41.3 Å². The average molecular weight is 238 g/mol. The summed E-state index contributed by atoms with van der Waals surface area (Å²) in [6.07, 6.45) is 0. The van der Waals surface area contributed by atoms with Crippen LogP contribution in [0.1, 0.15) is 30.5 Å². The van der Waals surface area contributed by atoms with Gasteiger partial charge in [0, 0.05) is 5.41 Å². The number of ether oxygens (including phenoxy) is 1. The zero-order valence-corrected chi connectivity index (χ0v) is 11.4. The third-order valence-electron chi connectivity index (χ3n) is 4.04. The minimum absolute atomic E-state index is 0.0879.